The van der Waals surface area contributed by atoms with Crippen LogP contribution in [0.1, 0.15) is 34.8 Å². The largest absolute Gasteiger partial charge is 0.493 e. The zero-order valence-corrected chi connectivity index (χ0v) is 23.2. The highest BCUT2D eigenvalue weighted by molar-refractivity contribution is 6.00. The second kappa shape index (κ2) is 12.3. The summed E-state index contributed by atoms with van der Waals surface area (Å²) in [6.45, 7) is 3.95. The maximum absolute atomic E-state index is 13.5. The first-order valence-corrected chi connectivity index (χ1v) is 13.6. The van der Waals surface area contributed by atoms with Crippen molar-refractivity contribution in [3.05, 3.63) is 94.9 Å². The van der Waals surface area contributed by atoms with Crippen molar-refractivity contribution in [3.63, 3.8) is 0 Å². The number of urea groups is 1. The van der Waals surface area contributed by atoms with E-state index in [0.29, 0.717) is 18.8 Å². The van der Waals surface area contributed by atoms with Gasteiger partial charge >= 0.3 is 6.03 Å². The second-order valence-electron chi connectivity index (χ2n) is 10.1. The number of fused-ring (bicyclic) bond motifs is 2. The molecule has 1 aliphatic rings. The minimum Gasteiger partial charge on any atom is -0.493 e. The lowest BCUT2D eigenvalue weighted by atomic mass is 9.88. The molecular weight excluding hydrogens is 507 g/mol. The molecule has 2 N–H and O–H groups in total. The Morgan fingerprint density at radius 3 is 2.58 bits per heavy atom. The lowest BCUT2D eigenvalue weighted by Crippen LogP contribution is -2.42. The van der Waals surface area contributed by atoms with Gasteiger partial charge in [-0.3, -0.25) is 9.88 Å². The molecule has 40 heavy (non-hydrogen) atoms. The van der Waals surface area contributed by atoms with Crippen LogP contribution in [0.4, 0.5) is 14.9 Å². The lowest BCUT2D eigenvalue weighted by molar-refractivity contribution is 0.176. The van der Waals surface area contributed by atoms with Gasteiger partial charge in [0.05, 0.1) is 25.4 Å². The first-order chi connectivity index (χ1) is 19.4. The second-order valence-corrected chi connectivity index (χ2v) is 10.1. The molecule has 1 unspecified atom stereocenters. The van der Waals surface area contributed by atoms with E-state index in [-0.39, 0.29) is 17.9 Å². The fourth-order valence-corrected chi connectivity index (χ4v) is 5.53. The van der Waals surface area contributed by atoms with Crippen molar-refractivity contribution < 1.29 is 18.7 Å². The molecule has 1 aromatic heterocycles. The number of nitrogens with one attached hydrogen (secondary N) is 2. The Labute approximate surface area is 234 Å². The average Bonchev–Trinajstić information content (AvgIpc) is 2.96. The van der Waals surface area contributed by atoms with Gasteiger partial charge in [-0.2, -0.15) is 0 Å². The zero-order chi connectivity index (χ0) is 28.1. The van der Waals surface area contributed by atoms with Gasteiger partial charge in [-0.1, -0.05) is 30.3 Å². The standard InChI is InChI=1S/C32H35FN4O3/c1-21-18-28(25-6-4-5-7-27(25)35-21)36-32(38)34-15-17-37-16-14-23-19-30(39-2)31(40-3)20-26(23)29(37)13-10-22-8-11-24(33)12-9-22/h4-9,11-12,18-20,29H,10,13-17H2,1-3H3,(H2,34,35,36,38). The van der Waals surface area contributed by atoms with Gasteiger partial charge in [0.1, 0.15) is 5.82 Å². The van der Waals surface area contributed by atoms with Crippen molar-refractivity contribution in [1.82, 2.24) is 15.2 Å². The van der Waals surface area contributed by atoms with E-state index < -0.39 is 0 Å². The van der Waals surface area contributed by atoms with Crippen LogP contribution in [0, 0.1) is 12.7 Å². The zero-order valence-electron chi connectivity index (χ0n) is 23.2. The number of ether oxygens (including phenoxy) is 2. The van der Waals surface area contributed by atoms with E-state index in [1.165, 1.54) is 23.3 Å². The Bertz CT molecular complexity index is 1490. The highest BCUT2D eigenvalue weighted by Gasteiger charge is 2.29. The van der Waals surface area contributed by atoms with Gasteiger partial charge in [0.15, 0.2) is 11.5 Å². The summed E-state index contributed by atoms with van der Waals surface area (Å²) in [5, 5.41) is 6.93. The number of aromatic nitrogens is 1. The summed E-state index contributed by atoms with van der Waals surface area (Å²) in [5.41, 5.74) is 5.97. The number of nitrogens with zero attached hydrogens (tertiary/aromatic N) is 2. The number of anilines is 1. The number of hydrogen-bond donors (Lipinski definition) is 2. The summed E-state index contributed by atoms with van der Waals surface area (Å²) in [4.78, 5) is 19.8. The maximum Gasteiger partial charge on any atom is 0.319 e. The van der Waals surface area contributed by atoms with Crippen LogP contribution in [-0.4, -0.2) is 49.8 Å². The quantitative estimate of drug-likeness (QED) is 0.269. The van der Waals surface area contributed by atoms with Gasteiger partial charge in [0.2, 0.25) is 0 Å². The fourth-order valence-electron chi connectivity index (χ4n) is 5.53. The van der Waals surface area contributed by atoms with Crippen LogP contribution < -0.4 is 20.1 Å². The number of amides is 2. The molecule has 7 nitrogen and oxygen atoms in total. The van der Waals surface area contributed by atoms with E-state index in [1.54, 1.807) is 14.2 Å². The molecule has 0 radical (unpaired) electrons. The highest BCUT2D eigenvalue weighted by Crippen LogP contribution is 2.39. The molecule has 4 aromatic rings. The minimum absolute atomic E-state index is 0.116. The monoisotopic (exact) mass is 542 g/mol. The van der Waals surface area contributed by atoms with Crippen molar-refractivity contribution in [2.45, 2.75) is 32.2 Å². The summed E-state index contributed by atoms with van der Waals surface area (Å²) < 4.78 is 24.6. The molecule has 2 amide bonds. The number of aryl methyl sites for hydroxylation is 2. The van der Waals surface area contributed by atoms with E-state index >= 15 is 0 Å². The maximum atomic E-state index is 13.5. The number of pyridine rings is 1. The topological polar surface area (TPSA) is 75.7 Å². The Morgan fingerprint density at radius 2 is 1.80 bits per heavy atom. The normalized spacial score (nSPS) is 14.9. The van der Waals surface area contributed by atoms with Gasteiger partial charge < -0.3 is 20.1 Å². The Balaban J connectivity index is 1.29. The van der Waals surface area contributed by atoms with Crippen molar-refractivity contribution in [2.75, 3.05) is 39.2 Å². The molecular formula is C32H35FN4O3. The first kappa shape index (κ1) is 27.4. The van der Waals surface area contributed by atoms with Gasteiger partial charge in [0.25, 0.3) is 0 Å². The highest BCUT2D eigenvalue weighted by atomic mass is 19.1. The van der Waals surface area contributed by atoms with Gasteiger partial charge in [-0.25, -0.2) is 9.18 Å². The number of methoxy groups -OCH3 is 2. The van der Waals surface area contributed by atoms with Crippen LogP contribution >= 0.6 is 0 Å². The molecule has 5 rings (SSSR count). The summed E-state index contributed by atoms with van der Waals surface area (Å²) >= 11 is 0. The molecule has 0 saturated carbocycles. The van der Waals surface area contributed by atoms with Gasteiger partial charge in [-0.05, 0) is 79.3 Å². The number of carbonyl (C=O) groups excluding carboxylic acids is 1. The molecule has 3 aromatic carbocycles. The van der Waals surface area contributed by atoms with E-state index in [0.717, 1.165) is 59.4 Å². The molecule has 2 heterocycles. The van der Waals surface area contributed by atoms with Crippen LogP contribution in [0.15, 0.2) is 66.7 Å². The predicted octanol–water partition coefficient (Wildman–Crippen LogP) is 6.05. The predicted molar refractivity (Wildman–Crippen MR) is 156 cm³/mol. The van der Waals surface area contributed by atoms with Crippen LogP contribution in [-0.2, 0) is 12.8 Å². The number of carbonyl (C=O) groups is 1. The molecule has 0 fully saturated rings. The van der Waals surface area contributed by atoms with Gasteiger partial charge in [-0.15, -0.1) is 0 Å². The number of hydrogen-bond acceptors (Lipinski definition) is 5. The molecule has 0 bridgehead atoms. The van der Waals surface area contributed by atoms with Crippen LogP contribution in [0.2, 0.25) is 0 Å². The third-order valence-electron chi connectivity index (χ3n) is 7.51. The van der Waals surface area contributed by atoms with Crippen molar-refractivity contribution in [3.8, 4) is 11.5 Å². The molecule has 0 spiro atoms. The summed E-state index contributed by atoms with van der Waals surface area (Å²) in [6, 6.07) is 20.4. The van der Waals surface area contributed by atoms with E-state index in [1.807, 2.05) is 49.4 Å². The number of benzene rings is 3. The molecule has 1 aliphatic heterocycles. The number of para-hydroxylation sites is 1. The van der Waals surface area contributed by atoms with E-state index in [4.69, 9.17) is 9.47 Å². The average molecular weight is 543 g/mol. The smallest absolute Gasteiger partial charge is 0.319 e. The van der Waals surface area contributed by atoms with Crippen LogP contribution in [0.25, 0.3) is 10.9 Å². The summed E-state index contributed by atoms with van der Waals surface area (Å²) in [5.74, 6) is 1.20. The molecule has 8 heteroatoms. The lowest BCUT2D eigenvalue weighted by Gasteiger charge is -2.38. The summed E-state index contributed by atoms with van der Waals surface area (Å²) in [7, 11) is 3.30. The molecule has 208 valence electrons. The fraction of sp³-hybridized carbons (Fsp3) is 0.312. The van der Waals surface area contributed by atoms with Crippen molar-refractivity contribution in [1.29, 1.82) is 0 Å². The van der Waals surface area contributed by atoms with Crippen molar-refractivity contribution in [2.24, 2.45) is 0 Å². The first-order valence-electron chi connectivity index (χ1n) is 13.6. The SMILES string of the molecule is COc1cc2c(cc1OC)C(CCc1ccc(F)cc1)N(CCNC(=O)Nc1cc(C)nc3ccccc13)CC2. The minimum atomic E-state index is -0.248. The van der Waals surface area contributed by atoms with Crippen LogP contribution in [0.3, 0.4) is 0 Å². The summed E-state index contributed by atoms with van der Waals surface area (Å²) in [6.07, 6.45) is 2.53. The number of rotatable bonds is 9. The number of halogens is 1. The molecule has 0 saturated heterocycles. The third-order valence-corrected chi connectivity index (χ3v) is 7.51. The van der Waals surface area contributed by atoms with Gasteiger partial charge in [0, 0.05) is 36.8 Å². The Hall–Kier alpha value is -4.17. The van der Waals surface area contributed by atoms with Crippen LogP contribution in [0.5, 0.6) is 11.5 Å². The van der Waals surface area contributed by atoms with E-state index in [9.17, 15) is 9.18 Å². The third kappa shape index (κ3) is 6.18. The molecule has 0 aliphatic carbocycles. The Morgan fingerprint density at radius 1 is 1.05 bits per heavy atom. The van der Waals surface area contributed by atoms with Crippen molar-refractivity contribution >= 4 is 22.6 Å². The molecule has 1 atom stereocenters. The Kier molecular flexibility index (Phi) is 8.45. The van der Waals surface area contributed by atoms with E-state index in [2.05, 4.69) is 32.7 Å².